The fourth-order valence-corrected chi connectivity index (χ4v) is 1.98. The van der Waals surface area contributed by atoms with Gasteiger partial charge in [0.25, 0.3) is 0 Å². The number of phenolic OH excluding ortho intramolecular Hbond substituents is 1. The van der Waals surface area contributed by atoms with Crippen LogP contribution in [0.25, 0.3) is 5.69 Å². The van der Waals surface area contributed by atoms with Gasteiger partial charge in [-0.05, 0) is 40.8 Å². The van der Waals surface area contributed by atoms with E-state index in [-0.39, 0.29) is 12.3 Å². The van der Waals surface area contributed by atoms with E-state index in [2.05, 4.69) is 20.8 Å². The summed E-state index contributed by atoms with van der Waals surface area (Å²) in [6.07, 6.45) is 1.49. The van der Waals surface area contributed by atoms with E-state index in [0.717, 1.165) is 11.4 Å². The third-order valence-electron chi connectivity index (χ3n) is 3.01. The molecule has 21 heavy (non-hydrogen) atoms. The van der Waals surface area contributed by atoms with Crippen molar-refractivity contribution >= 4 is 5.69 Å². The summed E-state index contributed by atoms with van der Waals surface area (Å²) < 4.78 is 14.7. The number of hydrogen-bond acceptors (Lipinski definition) is 5. The topological polar surface area (TPSA) is 75.9 Å². The van der Waals surface area contributed by atoms with Crippen LogP contribution < -0.4 is 5.32 Å². The summed E-state index contributed by atoms with van der Waals surface area (Å²) in [5.74, 6) is -0.345. The zero-order valence-corrected chi connectivity index (χ0v) is 10.9. The molecule has 6 nitrogen and oxygen atoms in total. The van der Waals surface area contributed by atoms with Crippen molar-refractivity contribution in [3.8, 4) is 11.4 Å². The number of para-hydroxylation sites is 2. The van der Waals surface area contributed by atoms with Crippen LogP contribution in [0.3, 0.4) is 0 Å². The van der Waals surface area contributed by atoms with E-state index in [1.165, 1.54) is 29.2 Å². The molecule has 0 aliphatic heterocycles. The van der Waals surface area contributed by atoms with Crippen LogP contribution in [-0.2, 0) is 6.54 Å². The van der Waals surface area contributed by atoms with Crippen molar-refractivity contribution in [3.63, 3.8) is 0 Å². The van der Waals surface area contributed by atoms with Crippen LogP contribution in [0, 0.1) is 5.82 Å². The highest BCUT2D eigenvalue weighted by molar-refractivity contribution is 5.60. The van der Waals surface area contributed by atoms with Crippen LogP contribution in [0.1, 0.15) is 5.56 Å². The lowest BCUT2D eigenvalue weighted by molar-refractivity contribution is 0.466. The Morgan fingerprint density at radius 2 is 2.05 bits per heavy atom. The smallest absolute Gasteiger partial charge is 0.143 e. The molecule has 0 radical (unpaired) electrons. The lowest BCUT2D eigenvalue weighted by Gasteiger charge is -2.12. The molecule has 0 saturated heterocycles. The molecule has 2 aromatic carbocycles. The van der Waals surface area contributed by atoms with Crippen LogP contribution in [-0.4, -0.2) is 25.3 Å². The van der Waals surface area contributed by atoms with Gasteiger partial charge in [0.1, 0.15) is 17.9 Å². The number of rotatable bonds is 4. The molecular formula is C14H12FN5O. The molecule has 3 aromatic rings. The van der Waals surface area contributed by atoms with E-state index < -0.39 is 5.82 Å². The number of phenols is 1. The SMILES string of the molecule is Oc1ccc(F)cc1CNc1ccccc1-n1cnnn1. The minimum absolute atomic E-state index is 0.0452. The van der Waals surface area contributed by atoms with Gasteiger partial charge in [-0.15, -0.1) is 5.10 Å². The van der Waals surface area contributed by atoms with Gasteiger partial charge < -0.3 is 10.4 Å². The predicted molar refractivity (Wildman–Crippen MR) is 74.5 cm³/mol. The van der Waals surface area contributed by atoms with Gasteiger partial charge in [-0.2, -0.15) is 4.68 Å². The lowest BCUT2D eigenvalue weighted by atomic mass is 10.2. The van der Waals surface area contributed by atoms with Crippen molar-refractivity contribution in [2.45, 2.75) is 6.54 Å². The maximum absolute atomic E-state index is 13.2. The Balaban J connectivity index is 1.84. The second kappa shape index (κ2) is 5.58. The van der Waals surface area contributed by atoms with Gasteiger partial charge >= 0.3 is 0 Å². The minimum Gasteiger partial charge on any atom is -0.508 e. The Morgan fingerprint density at radius 1 is 1.19 bits per heavy atom. The highest BCUT2D eigenvalue weighted by Gasteiger charge is 2.07. The number of nitrogens with zero attached hydrogens (tertiary/aromatic N) is 4. The monoisotopic (exact) mass is 285 g/mol. The Kier molecular flexibility index (Phi) is 3.46. The molecule has 0 atom stereocenters. The number of nitrogens with one attached hydrogen (secondary N) is 1. The van der Waals surface area contributed by atoms with Crippen molar-refractivity contribution in [2.75, 3.05) is 5.32 Å². The molecule has 0 unspecified atom stereocenters. The van der Waals surface area contributed by atoms with Gasteiger partial charge in [0.2, 0.25) is 0 Å². The first-order chi connectivity index (χ1) is 10.2. The van der Waals surface area contributed by atoms with Crippen LogP contribution in [0.2, 0.25) is 0 Å². The van der Waals surface area contributed by atoms with Gasteiger partial charge in [-0.3, -0.25) is 0 Å². The average Bonchev–Trinajstić information content (AvgIpc) is 3.03. The molecule has 0 bridgehead atoms. The molecule has 0 saturated carbocycles. The number of aromatic hydroxyl groups is 1. The summed E-state index contributed by atoms with van der Waals surface area (Å²) in [6.45, 7) is 0.280. The van der Waals surface area contributed by atoms with Gasteiger partial charge in [0.15, 0.2) is 0 Å². The summed E-state index contributed by atoms with van der Waals surface area (Å²) in [5.41, 5.74) is 2.01. The zero-order valence-electron chi connectivity index (χ0n) is 10.9. The molecule has 0 aliphatic carbocycles. The fraction of sp³-hybridized carbons (Fsp3) is 0.0714. The molecular weight excluding hydrogens is 273 g/mol. The largest absolute Gasteiger partial charge is 0.508 e. The minimum atomic E-state index is -0.390. The third kappa shape index (κ3) is 2.81. The fourth-order valence-electron chi connectivity index (χ4n) is 1.98. The number of aromatic nitrogens is 4. The number of anilines is 1. The second-order valence-electron chi connectivity index (χ2n) is 4.40. The Labute approximate surface area is 119 Å². The zero-order chi connectivity index (χ0) is 14.7. The van der Waals surface area contributed by atoms with Gasteiger partial charge in [0, 0.05) is 12.1 Å². The molecule has 1 aromatic heterocycles. The first-order valence-electron chi connectivity index (χ1n) is 6.28. The first kappa shape index (κ1) is 13.0. The van der Waals surface area contributed by atoms with E-state index in [4.69, 9.17) is 0 Å². The van der Waals surface area contributed by atoms with Crippen LogP contribution in [0.15, 0.2) is 48.8 Å². The summed E-state index contributed by atoms with van der Waals surface area (Å²) in [4.78, 5) is 0. The summed E-state index contributed by atoms with van der Waals surface area (Å²) in [7, 11) is 0. The summed E-state index contributed by atoms with van der Waals surface area (Å²) in [5, 5.41) is 23.9. The highest BCUT2D eigenvalue weighted by Crippen LogP contribution is 2.22. The van der Waals surface area contributed by atoms with Crippen molar-refractivity contribution in [1.82, 2.24) is 20.2 Å². The van der Waals surface area contributed by atoms with Gasteiger partial charge in [-0.1, -0.05) is 12.1 Å². The first-order valence-corrected chi connectivity index (χ1v) is 6.28. The molecule has 0 fully saturated rings. The van der Waals surface area contributed by atoms with Crippen molar-refractivity contribution in [2.24, 2.45) is 0 Å². The molecule has 106 valence electrons. The predicted octanol–water partition coefficient (Wildman–Crippen LogP) is 2.12. The molecule has 0 amide bonds. The Hall–Kier alpha value is -2.96. The van der Waals surface area contributed by atoms with E-state index in [0.29, 0.717) is 5.56 Å². The lowest BCUT2D eigenvalue weighted by Crippen LogP contribution is -2.05. The quantitative estimate of drug-likeness (QED) is 0.768. The third-order valence-corrected chi connectivity index (χ3v) is 3.01. The van der Waals surface area contributed by atoms with E-state index in [1.54, 1.807) is 0 Å². The van der Waals surface area contributed by atoms with Crippen LogP contribution in [0.5, 0.6) is 5.75 Å². The second-order valence-corrected chi connectivity index (χ2v) is 4.40. The number of halogens is 1. The molecule has 7 heteroatoms. The molecule has 1 heterocycles. The molecule has 2 N–H and O–H groups in total. The number of tetrazole rings is 1. The average molecular weight is 285 g/mol. The summed E-state index contributed by atoms with van der Waals surface area (Å²) in [6, 6.07) is 11.3. The normalized spacial score (nSPS) is 10.5. The van der Waals surface area contributed by atoms with Gasteiger partial charge in [0.05, 0.1) is 11.4 Å². The number of benzene rings is 2. The van der Waals surface area contributed by atoms with Crippen LogP contribution >= 0.6 is 0 Å². The Bertz CT molecular complexity index is 745. The van der Waals surface area contributed by atoms with E-state index in [9.17, 15) is 9.50 Å². The van der Waals surface area contributed by atoms with E-state index in [1.807, 2.05) is 24.3 Å². The Morgan fingerprint density at radius 3 is 2.86 bits per heavy atom. The molecule has 3 rings (SSSR count). The standard InChI is InChI=1S/C14H12FN5O/c15-11-5-6-14(21)10(7-11)8-16-12-3-1-2-4-13(12)20-9-17-18-19-20/h1-7,9,16,21H,8H2. The number of hydrogen-bond donors (Lipinski definition) is 2. The molecule has 0 aliphatic rings. The van der Waals surface area contributed by atoms with Crippen molar-refractivity contribution in [1.29, 1.82) is 0 Å². The highest BCUT2D eigenvalue weighted by atomic mass is 19.1. The summed E-state index contributed by atoms with van der Waals surface area (Å²) >= 11 is 0. The maximum Gasteiger partial charge on any atom is 0.143 e. The van der Waals surface area contributed by atoms with Crippen molar-refractivity contribution < 1.29 is 9.50 Å². The van der Waals surface area contributed by atoms with Gasteiger partial charge in [-0.25, -0.2) is 4.39 Å². The van der Waals surface area contributed by atoms with Crippen LogP contribution in [0.4, 0.5) is 10.1 Å². The maximum atomic E-state index is 13.2. The van der Waals surface area contributed by atoms with E-state index >= 15 is 0 Å². The van der Waals surface area contributed by atoms with Crippen molar-refractivity contribution in [3.05, 3.63) is 60.2 Å². The molecule has 0 spiro atoms.